The topological polar surface area (TPSA) is 105 Å². The minimum atomic E-state index is -0.882. The lowest BCUT2D eigenvalue weighted by atomic mass is 10.1. The molecule has 1 aromatic carbocycles. The predicted octanol–water partition coefficient (Wildman–Crippen LogP) is 0.498. The van der Waals surface area contributed by atoms with Crippen LogP contribution in [0, 0.1) is 0 Å². The van der Waals surface area contributed by atoms with Crippen molar-refractivity contribution in [3.8, 4) is 11.1 Å². The molecule has 0 spiro atoms. The molecule has 23 heavy (non-hydrogen) atoms. The number of hydrogen-bond donors (Lipinski definition) is 3. The van der Waals surface area contributed by atoms with Gasteiger partial charge in [-0.3, -0.25) is 14.3 Å². The number of aromatic amines is 1. The number of aliphatic hydroxyl groups excluding tert-OH is 2. The van der Waals surface area contributed by atoms with Gasteiger partial charge in [-0.2, -0.15) is 0 Å². The first-order valence-electron chi connectivity index (χ1n) is 7.06. The van der Waals surface area contributed by atoms with E-state index >= 15 is 0 Å². The SMILES string of the molecule is O=c1[nH]c(=O)n([C@H]2C[C@H](O)[C@@H](CO)O2)cc1-c1ccccc1Cl. The van der Waals surface area contributed by atoms with Crippen LogP contribution in [0.3, 0.4) is 0 Å². The highest BCUT2D eigenvalue weighted by Crippen LogP contribution is 2.29. The molecule has 2 heterocycles. The fourth-order valence-corrected chi connectivity index (χ4v) is 2.86. The first kappa shape index (κ1) is 15.9. The average molecular weight is 339 g/mol. The van der Waals surface area contributed by atoms with E-state index in [9.17, 15) is 14.7 Å². The van der Waals surface area contributed by atoms with E-state index in [2.05, 4.69) is 4.98 Å². The van der Waals surface area contributed by atoms with E-state index in [1.165, 1.54) is 10.8 Å². The van der Waals surface area contributed by atoms with Crippen molar-refractivity contribution >= 4 is 11.6 Å². The van der Waals surface area contributed by atoms with E-state index < -0.39 is 29.7 Å². The zero-order valence-electron chi connectivity index (χ0n) is 12.0. The van der Waals surface area contributed by atoms with Gasteiger partial charge in [-0.1, -0.05) is 29.8 Å². The van der Waals surface area contributed by atoms with Gasteiger partial charge in [0, 0.05) is 23.2 Å². The summed E-state index contributed by atoms with van der Waals surface area (Å²) in [5.74, 6) is 0. The van der Waals surface area contributed by atoms with Crippen LogP contribution >= 0.6 is 11.6 Å². The summed E-state index contributed by atoms with van der Waals surface area (Å²) >= 11 is 6.11. The van der Waals surface area contributed by atoms with Crippen LogP contribution in [0.15, 0.2) is 40.1 Å². The van der Waals surface area contributed by atoms with Crippen LogP contribution in [0.25, 0.3) is 11.1 Å². The highest BCUT2D eigenvalue weighted by atomic mass is 35.5. The van der Waals surface area contributed by atoms with Gasteiger partial charge in [0.1, 0.15) is 12.3 Å². The van der Waals surface area contributed by atoms with Gasteiger partial charge in [0.15, 0.2) is 0 Å². The zero-order valence-corrected chi connectivity index (χ0v) is 12.7. The van der Waals surface area contributed by atoms with Crippen LogP contribution in [0.2, 0.25) is 5.02 Å². The number of benzene rings is 1. The van der Waals surface area contributed by atoms with E-state index in [0.29, 0.717) is 10.6 Å². The number of hydrogen-bond acceptors (Lipinski definition) is 5. The number of halogens is 1. The molecule has 3 N–H and O–H groups in total. The third-order valence-corrected chi connectivity index (χ3v) is 4.16. The summed E-state index contributed by atoms with van der Waals surface area (Å²) in [5, 5.41) is 19.3. The minimum absolute atomic E-state index is 0.138. The third kappa shape index (κ3) is 2.96. The molecule has 1 aliphatic heterocycles. The monoisotopic (exact) mass is 338 g/mol. The number of aromatic nitrogens is 2. The smallest absolute Gasteiger partial charge is 0.330 e. The third-order valence-electron chi connectivity index (χ3n) is 3.83. The maximum atomic E-state index is 12.1. The molecule has 2 aromatic rings. The van der Waals surface area contributed by atoms with Crippen molar-refractivity contribution in [1.82, 2.24) is 9.55 Å². The molecule has 0 aliphatic carbocycles. The molecule has 0 unspecified atom stereocenters. The molecule has 7 nitrogen and oxygen atoms in total. The van der Waals surface area contributed by atoms with E-state index in [1.54, 1.807) is 24.3 Å². The first-order chi connectivity index (χ1) is 11.0. The van der Waals surface area contributed by atoms with Gasteiger partial charge in [-0.05, 0) is 6.07 Å². The van der Waals surface area contributed by atoms with E-state index in [4.69, 9.17) is 21.4 Å². The number of nitrogens with one attached hydrogen (secondary N) is 1. The zero-order chi connectivity index (χ0) is 16.6. The van der Waals surface area contributed by atoms with Gasteiger partial charge < -0.3 is 14.9 Å². The lowest BCUT2D eigenvalue weighted by Crippen LogP contribution is -2.33. The molecule has 1 aliphatic rings. The number of nitrogens with zero attached hydrogens (tertiary/aromatic N) is 1. The Labute approximate surface area is 135 Å². The lowest BCUT2D eigenvalue weighted by Gasteiger charge is -2.15. The average Bonchev–Trinajstić information content (AvgIpc) is 2.89. The molecule has 122 valence electrons. The highest BCUT2D eigenvalue weighted by molar-refractivity contribution is 6.33. The van der Waals surface area contributed by atoms with Crippen LogP contribution in [0.1, 0.15) is 12.6 Å². The van der Waals surface area contributed by atoms with Gasteiger partial charge in [0.05, 0.1) is 18.3 Å². The molecular formula is C15H15ClN2O5. The van der Waals surface area contributed by atoms with Gasteiger partial charge in [-0.25, -0.2) is 4.79 Å². The maximum absolute atomic E-state index is 12.1. The van der Waals surface area contributed by atoms with E-state index in [0.717, 1.165) is 0 Å². The molecule has 1 aromatic heterocycles. The molecule has 8 heteroatoms. The standard InChI is InChI=1S/C15H15ClN2O5/c16-10-4-2-1-3-8(10)9-6-18(15(22)17-14(9)21)13-5-11(20)12(7-19)23-13/h1-4,6,11-13,19-20H,5,7H2,(H,17,21,22)/t11-,12+,13+/m0/s1. The Morgan fingerprint density at radius 1 is 1.30 bits per heavy atom. The van der Waals surface area contributed by atoms with Gasteiger partial charge in [-0.15, -0.1) is 0 Å². The predicted molar refractivity (Wildman–Crippen MR) is 83.4 cm³/mol. The summed E-state index contributed by atoms with van der Waals surface area (Å²) in [6, 6.07) is 6.78. The van der Waals surface area contributed by atoms with Crippen LogP contribution in [0.5, 0.6) is 0 Å². The second-order valence-electron chi connectivity index (χ2n) is 5.30. The van der Waals surface area contributed by atoms with Crippen molar-refractivity contribution in [3.63, 3.8) is 0 Å². The van der Waals surface area contributed by atoms with Gasteiger partial charge in [0.2, 0.25) is 0 Å². The molecule has 3 atom stereocenters. The Bertz CT molecular complexity index is 831. The minimum Gasteiger partial charge on any atom is -0.394 e. The largest absolute Gasteiger partial charge is 0.394 e. The van der Waals surface area contributed by atoms with E-state index in [-0.39, 0.29) is 18.6 Å². The molecule has 1 fully saturated rings. The van der Waals surface area contributed by atoms with Crippen molar-refractivity contribution in [2.45, 2.75) is 24.9 Å². The summed E-state index contributed by atoms with van der Waals surface area (Å²) in [5.41, 5.74) is -0.500. The molecule has 0 saturated carbocycles. The summed E-state index contributed by atoms with van der Waals surface area (Å²) < 4.78 is 6.65. The van der Waals surface area contributed by atoms with Crippen molar-refractivity contribution in [2.24, 2.45) is 0 Å². The molecule has 1 saturated heterocycles. The van der Waals surface area contributed by atoms with Crippen LogP contribution in [-0.2, 0) is 4.74 Å². The van der Waals surface area contributed by atoms with Gasteiger partial charge in [0.25, 0.3) is 5.56 Å². The number of aliphatic hydroxyl groups is 2. The Hall–Kier alpha value is -1.93. The molecule has 0 amide bonds. The summed E-state index contributed by atoms with van der Waals surface area (Å²) in [6.45, 7) is -0.354. The summed E-state index contributed by atoms with van der Waals surface area (Å²) in [7, 11) is 0. The molecule has 0 radical (unpaired) electrons. The second-order valence-corrected chi connectivity index (χ2v) is 5.71. The number of H-pyrrole nitrogens is 1. The Morgan fingerprint density at radius 2 is 2.04 bits per heavy atom. The Morgan fingerprint density at radius 3 is 2.70 bits per heavy atom. The normalized spacial score (nSPS) is 24.0. The van der Waals surface area contributed by atoms with Crippen LogP contribution in [0.4, 0.5) is 0 Å². The fourth-order valence-electron chi connectivity index (χ4n) is 2.62. The highest BCUT2D eigenvalue weighted by Gasteiger charge is 2.35. The maximum Gasteiger partial charge on any atom is 0.330 e. The van der Waals surface area contributed by atoms with E-state index in [1.807, 2.05) is 0 Å². The van der Waals surface area contributed by atoms with Crippen molar-refractivity contribution in [1.29, 1.82) is 0 Å². The molecule has 0 bridgehead atoms. The quantitative estimate of drug-likeness (QED) is 0.756. The number of rotatable bonds is 3. The lowest BCUT2D eigenvalue weighted by molar-refractivity contribution is -0.0458. The van der Waals surface area contributed by atoms with Crippen LogP contribution in [-0.4, -0.2) is 38.6 Å². The Kier molecular flexibility index (Phi) is 4.36. The molecular weight excluding hydrogens is 324 g/mol. The number of ether oxygens (including phenoxy) is 1. The molecule has 3 rings (SSSR count). The second kappa shape index (κ2) is 6.29. The summed E-state index contributed by atoms with van der Waals surface area (Å²) in [4.78, 5) is 26.4. The fraction of sp³-hybridized carbons (Fsp3) is 0.333. The van der Waals surface area contributed by atoms with Gasteiger partial charge >= 0.3 is 5.69 Å². The summed E-state index contributed by atoms with van der Waals surface area (Å²) in [6.07, 6.45) is -0.915. The first-order valence-corrected chi connectivity index (χ1v) is 7.44. The Balaban J connectivity index is 2.07. The van der Waals surface area contributed by atoms with Crippen LogP contribution < -0.4 is 11.2 Å². The van der Waals surface area contributed by atoms with Crippen molar-refractivity contribution in [2.75, 3.05) is 6.61 Å². The van der Waals surface area contributed by atoms with Crippen molar-refractivity contribution in [3.05, 3.63) is 56.3 Å². The van der Waals surface area contributed by atoms with Crippen molar-refractivity contribution < 1.29 is 14.9 Å².